The van der Waals surface area contributed by atoms with E-state index in [0.717, 1.165) is 12.7 Å². The van der Waals surface area contributed by atoms with Gasteiger partial charge in [-0.3, -0.25) is 0 Å². The zero-order valence-corrected chi connectivity index (χ0v) is 10.3. The molecule has 0 aliphatic rings. The van der Waals surface area contributed by atoms with Crippen molar-refractivity contribution in [1.82, 2.24) is 0 Å². The quantitative estimate of drug-likeness (QED) is 0.680. The molecule has 1 rings (SSSR count). The van der Waals surface area contributed by atoms with Crippen molar-refractivity contribution in [3.8, 4) is 0 Å². The van der Waals surface area contributed by atoms with Crippen LogP contribution in [0.5, 0.6) is 0 Å². The number of benzene rings is 1. The molecule has 0 N–H and O–H groups in total. The number of hydrogen-bond donors (Lipinski definition) is 0. The Balaban J connectivity index is 2.49. The van der Waals surface area contributed by atoms with Crippen LogP contribution in [0.1, 0.15) is 26.3 Å². The molecule has 1 nitrogen and oxygen atoms in total. The topological polar surface area (TPSA) is 9.23 Å². The van der Waals surface area contributed by atoms with Gasteiger partial charge in [0, 0.05) is 7.11 Å². The zero-order chi connectivity index (χ0) is 11.3. The van der Waals surface area contributed by atoms with Crippen LogP contribution in [-0.2, 0) is 11.1 Å². The molecule has 0 amide bonds. The molecule has 0 spiro atoms. The highest BCUT2D eigenvalue weighted by Crippen LogP contribution is 2.30. The van der Waals surface area contributed by atoms with Gasteiger partial charge in [-0.2, -0.15) is 0 Å². The minimum Gasteiger partial charge on any atom is -0.438 e. The SMILES string of the molecule is COB(CCc1ccccc1)C(C)(C)C. The summed E-state index contributed by atoms with van der Waals surface area (Å²) in [6.45, 7) is 7.02. The largest absolute Gasteiger partial charge is 0.438 e. The first-order valence-electron chi connectivity index (χ1n) is 5.61. The van der Waals surface area contributed by atoms with Gasteiger partial charge in [0.25, 0.3) is 6.92 Å². The molecule has 15 heavy (non-hydrogen) atoms. The highest BCUT2D eigenvalue weighted by atomic mass is 16.4. The molecule has 1 aromatic rings. The minimum absolute atomic E-state index is 0.226. The molecule has 0 aliphatic heterocycles. The molecule has 1 aromatic carbocycles. The van der Waals surface area contributed by atoms with Crippen molar-refractivity contribution < 1.29 is 4.65 Å². The first-order valence-corrected chi connectivity index (χ1v) is 5.61. The smallest absolute Gasteiger partial charge is 0.298 e. The van der Waals surface area contributed by atoms with Crippen LogP contribution < -0.4 is 0 Å². The van der Waals surface area contributed by atoms with Gasteiger partial charge < -0.3 is 4.65 Å². The third-order valence-corrected chi connectivity index (χ3v) is 2.79. The minimum atomic E-state index is 0.226. The molecule has 0 aliphatic carbocycles. The summed E-state index contributed by atoms with van der Waals surface area (Å²) in [6, 6.07) is 10.6. The van der Waals surface area contributed by atoms with Crippen molar-refractivity contribution in [3.63, 3.8) is 0 Å². The molecular weight excluding hydrogens is 183 g/mol. The van der Waals surface area contributed by atoms with Crippen LogP contribution in [0.15, 0.2) is 30.3 Å². The van der Waals surface area contributed by atoms with E-state index in [-0.39, 0.29) is 5.31 Å². The van der Waals surface area contributed by atoms with Crippen LogP contribution in [0.2, 0.25) is 11.6 Å². The summed E-state index contributed by atoms with van der Waals surface area (Å²) in [4.78, 5) is 0. The first kappa shape index (κ1) is 12.3. The van der Waals surface area contributed by atoms with Gasteiger partial charge >= 0.3 is 0 Å². The standard InChI is InChI=1S/C13H21BO/c1-13(2,3)14(15-4)11-10-12-8-6-5-7-9-12/h5-9H,10-11H2,1-4H3. The molecule has 0 fully saturated rings. The Hall–Kier alpha value is -0.755. The average Bonchev–Trinajstić information content (AvgIpc) is 2.18. The normalized spacial score (nSPS) is 11.5. The third-order valence-electron chi connectivity index (χ3n) is 2.79. The van der Waals surface area contributed by atoms with Gasteiger partial charge in [0.15, 0.2) is 0 Å². The van der Waals surface area contributed by atoms with Gasteiger partial charge in [-0.05, 0) is 23.6 Å². The predicted octanol–water partition coefficient (Wildman–Crippen LogP) is 3.67. The fraction of sp³-hybridized carbons (Fsp3) is 0.538. The van der Waals surface area contributed by atoms with Crippen molar-refractivity contribution in [2.75, 3.05) is 7.11 Å². The molecule has 0 unspecified atom stereocenters. The van der Waals surface area contributed by atoms with Crippen LogP contribution in [-0.4, -0.2) is 14.0 Å². The van der Waals surface area contributed by atoms with Crippen LogP contribution >= 0.6 is 0 Å². The van der Waals surface area contributed by atoms with E-state index in [1.165, 1.54) is 5.56 Å². The summed E-state index contributed by atoms with van der Waals surface area (Å²) < 4.78 is 5.54. The summed E-state index contributed by atoms with van der Waals surface area (Å²) in [5.74, 6) is 0. The molecular formula is C13H21BO. The van der Waals surface area contributed by atoms with E-state index in [0.29, 0.717) is 6.92 Å². The highest BCUT2D eigenvalue weighted by Gasteiger charge is 2.29. The van der Waals surface area contributed by atoms with Gasteiger partial charge in [-0.25, -0.2) is 0 Å². The number of aryl methyl sites for hydroxylation is 1. The second-order valence-corrected chi connectivity index (χ2v) is 5.11. The molecule has 0 aromatic heterocycles. The van der Waals surface area contributed by atoms with Crippen LogP contribution in [0.25, 0.3) is 0 Å². The van der Waals surface area contributed by atoms with Crippen molar-refractivity contribution in [3.05, 3.63) is 35.9 Å². The monoisotopic (exact) mass is 204 g/mol. The van der Waals surface area contributed by atoms with E-state index in [9.17, 15) is 0 Å². The Bertz CT molecular complexity index is 276. The second kappa shape index (κ2) is 5.36. The lowest BCUT2D eigenvalue weighted by atomic mass is 9.45. The second-order valence-electron chi connectivity index (χ2n) is 5.11. The summed E-state index contributed by atoms with van der Waals surface area (Å²) >= 11 is 0. The Kier molecular flexibility index (Phi) is 4.40. The molecule has 0 atom stereocenters. The molecule has 0 saturated heterocycles. The van der Waals surface area contributed by atoms with Gasteiger partial charge in [-0.1, -0.05) is 51.1 Å². The maximum Gasteiger partial charge on any atom is 0.298 e. The van der Waals surface area contributed by atoms with Crippen molar-refractivity contribution in [1.29, 1.82) is 0 Å². The number of rotatable bonds is 4. The first-order chi connectivity index (χ1) is 7.04. The molecule has 0 saturated carbocycles. The van der Waals surface area contributed by atoms with Crippen LogP contribution in [0.3, 0.4) is 0 Å². The molecule has 0 radical (unpaired) electrons. The van der Waals surface area contributed by atoms with E-state index < -0.39 is 0 Å². The van der Waals surface area contributed by atoms with E-state index in [1.807, 2.05) is 0 Å². The van der Waals surface area contributed by atoms with Crippen LogP contribution in [0.4, 0.5) is 0 Å². The average molecular weight is 204 g/mol. The highest BCUT2D eigenvalue weighted by molar-refractivity contribution is 6.55. The fourth-order valence-corrected chi connectivity index (χ4v) is 1.85. The lowest BCUT2D eigenvalue weighted by molar-refractivity contribution is 0.389. The summed E-state index contributed by atoms with van der Waals surface area (Å²) in [5.41, 5.74) is 1.39. The lowest BCUT2D eigenvalue weighted by Crippen LogP contribution is -2.28. The number of hydrogen-bond acceptors (Lipinski definition) is 1. The van der Waals surface area contributed by atoms with Crippen molar-refractivity contribution in [2.45, 2.75) is 38.8 Å². The summed E-state index contributed by atoms with van der Waals surface area (Å²) in [7, 11) is 1.81. The van der Waals surface area contributed by atoms with E-state index in [1.54, 1.807) is 7.11 Å². The van der Waals surface area contributed by atoms with Crippen LogP contribution in [0, 0.1) is 0 Å². The van der Waals surface area contributed by atoms with E-state index in [4.69, 9.17) is 4.65 Å². The predicted molar refractivity (Wildman–Crippen MR) is 67.4 cm³/mol. The van der Waals surface area contributed by atoms with Gasteiger partial charge in [-0.15, -0.1) is 0 Å². The zero-order valence-electron chi connectivity index (χ0n) is 10.3. The maximum absolute atomic E-state index is 5.54. The van der Waals surface area contributed by atoms with E-state index in [2.05, 4.69) is 51.1 Å². The Morgan fingerprint density at radius 2 is 1.73 bits per heavy atom. The third kappa shape index (κ3) is 4.09. The Labute approximate surface area is 94.0 Å². The van der Waals surface area contributed by atoms with Crippen molar-refractivity contribution in [2.24, 2.45) is 0 Å². The van der Waals surface area contributed by atoms with Crippen molar-refractivity contribution >= 4 is 6.92 Å². The summed E-state index contributed by atoms with van der Waals surface area (Å²) in [5, 5.41) is 0.226. The molecule has 2 heteroatoms. The Morgan fingerprint density at radius 3 is 2.20 bits per heavy atom. The maximum atomic E-state index is 5.54. The summed E-state index contributed by atoms with van der Waals surface area (Å²) in [6.07, 6.45) is 2.18. The van der Waals surface area contributed by atoms with Gasteiger partial charge in [0.2, 0.25) is 0 Å². The van der Waals surface area contributed by atoms with E-state index >= 15 is 0 Å². The molecule has 82 valence electrons. The van der Waals surface area contributed by atoms with Gasteiger partial charge in [0.05, 0.1) is 0 Å². The Morgan fingerprint density at radius 1 is 1.13 bits per heavy atom. The molecule has 0 heterocycles. The fourth-order valence-electron chi connectivity index (χ4n) is 1.85. The lowest BCUT2D eigenvalue weighted by Gasteiger charge is -2.25. The van der Waals surface area contributed by atoms with Gasteiger partial charge in [0.1, 0.15) is 0 Å². The molecule has 0 bridgehead atoms.